The summed E-state index contributed by atoms with van der Waals surface area (Å²) in [4.78, 5) is 25.1. The fourth-order valence-electron chi connectivity index (χ4n) is 3.43. The van der Waals surface area contributed by atoms with E-state index in [2.05, 4.69) is 0 Å². The average molecular weight is 354 g/mol. The predicted octanol–water partition coefficient (Wildman–Crippen LogP) is 3.33. The van der Waals surface area contributed by atoms with Crippen molar-refractivity contribution in [2.45, 2.75) is 84.8 Å². The first-order chi connectivity index (χ1) is 11.6. The Bertz CT molecular complexity index is 520. The van der Waals surface area contributed by atoms with Gasteiger partial charge in [0.15, 0.2) is 17.2 Å². The topological polar surface area (TPSA) is 94.8 Å². The molecule has 0 aromatic carbocycles. The summed E-state index contributed by atoms with van der Waals surface area (Å²) in [5, 5.41) is 32.3. The minimum atomic E-state index is -2.06. The van der Waals surface area contributed by atoms with E-state index in [-0.39, 0.29) is 18.4 Å². The van der Waals surface area contributed by atoms with Crippen LogP contribution in [0.3, 0.4) is 0 Å². The van der Waals surface area contributed by atoms with E-state index in [9.17, 15) is 24.9 Å². The van der Waals surface area contributed by atoms with Crippen LogP contribution in [0.25, 0.3) is 0 Å². The zero-order valence-electron chi connectivity index (χ0n) is 16.2. The second-order valence-corrected chi connectivity index (χ2v) is 8.10. The van der Waals surface area contributed by atoms with E-state index < -0.39 is 34.9 Å². The molecule has 0 unspecified atom stereocenters. The largest absolute Gasteiger partial charge is 0.508 e. The first-order valence-electron chi connectivity index (χ1n) is 9.48. The summed E-state index contributed by atoms with van der Waals surface area (Å²) in [7, 11) is 0. The molecule has 144 valence electrons. The lowest BCUT2D eigenvalue weighted by Crippen LogP contribution is -2.49. The van der Waals surface area contributed by atoms with Crippen LogP contribution in [0, 0.1) is 17.8 Å². The molecule has 5 nitrogen and oxygen atoms in total. The second-order valence-electron chi connectivity index (χ2n) is 8.10. The van der Waals surface area contributed by atoms with Gasteiger partial charge in [-0.1, -0.05) is 41.0 Å². The molecular weight excluding hydrogens is 320 g/mol. The van der Waals surface area contributed by atoms with Crippen molar-refractivity contribution in [2.24, 2.45) is 17.8 Å². The molecule has 3 atom stereocenters. The molecule has 0 spiro atoms. The Balaban J connectivity index is 3.22. The molecule has 25 heavy (non-hydrogen) atoms. The van der Waals surface area contributed by atoms with Crippen molar-refractivity contribution in [3.63, 3.8) is 0 Å². The Morgan fingerprint density at radius 3 is 2.16 bits per heavy atom. The molecule has 0 aliphatic heterocycles. The molecule has 0 fully saturated rings. The Kier molecular flexibility index (Phi) is 7.82. The Morgan fingerprint density at radius 2 is 1.68 bits per heavy atom. The predicted molar refractivity (Wildman–Crippen MR) is 97.2 cm³/mol. The molecule has 1 rings (SSSR count). The number of rotatable bonds is 10. The van der Waals surface area contributed by atoms with Gasteiger partial charge in [-0.25, -0.2) is 0 Å². The van der Waals surface area contributed by atoms with Crippen molar-refractivity contribution in [1.82, 2.24) is 0 Å². The van der Waals surface area contributed by atoms with Gasteiger partial charge < -0.3 is 15.3 Å². The summed E-state index contributed by atoms with van der Waals surface area (Å²) in [5.74, 6) is -1.94. The van der Waals surface area contributed by atoms with Crippen LogP contribution in [-0.2, 0) is 9.59 Å². The molecule has 0 amide bonds. The van der Waals surface area contributed by atoms with Crippen molar-refractivity contribution in [1.29, 1.82) is 0 Å². The van der Waals surface area contributed by atoms with Gasteiger partial charge in [0.1, 0.15) is 11.3 Å². The van der Waals surface area contributed by atoms with E-state index in [1.807, 2.05) is 34.6 Å². The molecule has 0 heterocycles. The number of ketones is 2. The van der Waals surface area contributed by atoms with Crippen LogP contribution in [0.1, 0.15) is 73.1 Å². The molecule has 0 aromatic rings. The van der Waals surface area contributed by atoms with Crippen molar-refractivity contribution in [3.05, 3.63) is 11.3 Å². The summed E-state index contributed by atoms with van der Waals surface area (Å²) < 4.78 is 0. The van der Waals surface area contributed by atoms with Crippen LogP contribution in [0.5, 0.6) is 0 Å². The molecule has 0 saturated carbocycles. The highest BCUT2D eigenvalue weighted by Crippen LogP contribution is 2.44. The average Bonchev–Trinajstić information content (AvgIpc) is 2.70. The zero-order chi connectivity index (χ0) is 19.4. The van der Waals surface area contributed by atoms with Gasteiger partial charge in [-0.2, -0.15) is 0 Å². The maximum absolute atomic E-state index is 12.8. The summed E-state index contributed by atoms with van der Waals surface area (Å²) in [6, 6.07) is 0. The van der Waals surface area contributed by atoms with Gasteiger partial charge in [0.25, 0.3) is 0 Å². The first kappa shape index (κ1) is 21.8. The highest BCUT2D eigenvalue weighted by atomic mass is 16.4. The third-order valence-electron chi connectivity index (χ3n) is 5.02. The summed E-state index contributed by atoms with van der Waals surface area (Å²) in [6.45, 7) is 9.82. The van der Waals surface area contributed by atoms with E-state index >= 15 is 0 Å². The smallest absolute Gasteiger partial charge is 0.176 e. The van der Waals surface area contributed by atoms with Crippen molar-refractivity contribution >= 4 is 11.6 Å². The molecular formula is C20H34O5. The standard InChI is InChI=1S/C20H34O5/c1-6-7-15(21)17-18(23)14(10-8-12(2)3)20(25,19(17)24)16(22)11-9-13(4)5/h12-14,16,22,24-25H,6-11H2,1-5H3/t14-,16+,20+/m1/s1. The van der Waals surface area contributed by atoms with Gasteiger partial charge in [0, 0.05) is 6.42 Å². The number of Topliss-reactive ketones (excluding diaryl/α,β-unsaturated/α-hetero) is 2. The van der Waals surface area contributed by atoms with Crippen LogP contribution in [0.2, 0.25) is 0 Å². The number of aliphatic hydroxyl groups excluding tert-OH is 2. The van der Waals surface area contributed by atoms with Crippen molar-refractivity contribution < 1.29 is 24.9 Å². The summed E-state index contributed by atoms with van der Waals surface area (Å²) >= 11 is 0. The highest BCUT2D eigenvalue weighted by molar-refractivity contribution is 6.23. The monoisotopic (exact) mass is 354 g/mol. The van der Waals surface area contributed by atoms with Crippen LogP contribution in [-0.4, -0.2) is 38.6 Å². The summed E-state index contributed by atoms with van der Waals surface area (Å²) in [5.41, 5.74) is -2.36. The fourth-order valence-corrected chi connectivity index (χ4v) is 3.43. The quantitative estimate of drug-likeness (QED) is 0.523. The third kappa shape index (κ3) is 4.70. The highest BCUT2D eigenvalue weighted by Gasteiger charge is 2.58. The number of allylic oxidation sites excluding steroid dienone is 1. The second kappa shape index (κ2) is 8.95. The number of hydrogen-bond acceptors (Lipinski definition) is 5. The third-order valence-corrected chi connectivity index (χ3v) is 5.02. The Morgan fingerprint density at radius 1 is 1.12 bits per heavy atom. The molecule has 0 radical (unpaired) electrons. The van der Waals surface area contributed by atoms with Gasteiger partial charge in [-0.05, 0) is 37.5 Å². The minimum Gasteiger partial charge on any atom is -0.508 e. The summed E-state index contributed by atoms with van der Waals surface area (Å²) in [6.07, 6.45) is 1.33. The van der Waals surface area contributed by atoms with Gasteiger partial charge in [0.2, 0.25) is 0 Å². The van der Waals surface area contributed by atoms with Crippen molar-refractivity contribution in [3.8, 4) is 0 Å². The van der Waals surface area contributed by atoms with Crippen LogP contribution in [0.4, 0.5) is 0 Å². The molecule has 5 heteroatoms. The maximum atomic E-state index is 12.8. The Hall–Kier alpha value is -1.20. The lowest BCUT2D eigenvalue weighted by molar-refractivity contribution is -0.137. The first-order valence-corrected chi connectivity index (χ1v) is 9.48. The normalized spacial score (nSPS) is 25.3. The number of carbonyl (C=O) groups is 2. The van der Waals surface area contributed by atoms with Crippen LogP contribution >= 0.6 is 0 Å². The number of aliphatic hydroxyl groups is 3. The van der Waals surface area contributed by atoms with Gasteiger partial charge in [-0.15, -0.1) is 0 Å². The SMILES string of the molecule is CCCC(=O)C1=C(O)[C@@](O)([C@@H](O)CCC(C)C)[C@H](CCC(C)C)C1=O. The van der Waals surface area contributed by atoms with Gasteiger partial charge >= 0.3 is 0 Å². The van der Waals surface area contributed by atoms with Crippen LogP contribution < -0.4 is 0 Å². The van der Waals surface area contributed by atoms with E-state index in [4.69, 9.17) is 0 Å². The fraction of sp³-hybridized carbons (Fsp3) is 0.800. The lowest BCUT2D eigenvalue weighted by atomic mass is 9.78. The van der Waals surface area contributed by atoms with Gasteiger partial charge in [-0.3, -0.25) is 9.59 Å². The molecule has 1 aliphatic carbocycles. The van der Waals surface area contributed by atoms with E-state index in [0.29, 0.717) is 37.5 Å². The Labute approximate surface area is 151 Å². The molecule has 1 aliphatic rings. The minimum absolute atomic E-state index is 0.139. The molecule has 0 aromatic heterocycles. The lowest BCUT2D eigenvalue weighted by Gasteiger charge is -2.34. The van der Waals surface area contributed by atoms with E-state index in [0.717, 1.165) is 0 Å². The number of carbonyl (C=O) groups excluding carboxylic acids is 2. The van der Waals surface area contributed by atoms with E-state index in [1.54, 1.807) is 0 Å². The van der Waals surface area contributed by atoms with E-state index in [1.165, 1.54) is 0 Å². The molecule has 3 N–H and O–H groups in total. The maximum Gasteiger partial charge on any atom is 0.176 e. The van der Waals surface area contributed by atoms with Gasteiger partial charge in [0.05, 0.1) is 12.0 Å². The number of hydrogen-bond donors (Lipinski definition) is 3. The van der Waals surface area contributed by atoms with Crippen molar-refractivity contribution in [2.75, 3.05) is 0 Å². The molecule has 0 saturated heterocycles. The molecule has 0 bridgehead atoms. The van der Waals surface area contributed by atoms with Crippen LogP contribution in [0.15, 0.2) is 11.3 Å². The zero-order valence-corrected chi connectivity index (χ0v) is 16.2.